The summed E-state index contributed by atoms with van der Waals surface area (Å²) in [5.41, 5.74) is 3.99. The van der Waals surface area contributed by atoms with Crippen LogP contribution < -0.4 is 5.32 Å². The van der Waals surface area contributed by atoms with Gasteiger partial charge in [0.15, 0.2) is 11.5 Å². The van der Waals surface area contributed by atoms with Crippen molar-refractivity contribution in [3.63, 3.8) is 0 Å². The van der Waals surface area contributed by atoms with Gasteiger partial charge in [0.25, 0.3) is 5.91 Å². The molecule has 2 aromatic heterocycles. The number of carbonyl (C=O) groups is 1. The minimum absolute atomic E-state index is 0.217. The van der Waals surface area contributed by atoms with Crippen LogP contribution in [0.15, 0.2) is 57.5 Å². The monoisotopic (exact) mass is 380 g/mol. The van der Waals surface area contributed by atoms with Gasteiger partial charge in [-0.05, 0) is 31.5 Å². The van der Waals surface area contributed by atoms with E-state index in [0.29, 0.717) is 16.4 Å². The summed E-state index contributed by atoms with van der Waals surface area (Å²) < 4.78 is 11.1. The van der Waals surface area contributed by atoms with Crippen LogP contribution in [0.4, 0.5) is 0 Å². The molecule has 2 aromatic carbocycles. The number of rotatable bonds is 4. The second-order valence-electron chi connectivity index (χ2n) is 6.38. The normalized spacial score (nSPS) is 11.1. The summed E-state index contributed by atoms with van der Waals surface area (Å²) in [5.74, 6) is 0.527. The van der Waals surface area contributed by atoms with E-state index < -0.39 is 0 Å². The molecule has 2 heterocycles. The van der Waals surface area contributed by atoms with E-state index in [-0.39, 0.29) is 18.2 Å². The predicted octanol–water partition coefficient (Wildman–Crippen LogP) is 5.29. The summed E-state index contributed by atoms with van der Waals surface area (Å²) in [6.07, 6.45) is 0. The average molecular weight is 381 g/mol. The average Bonchev–Trinajstić information content (AvgIpc) is 3.27. The standard InChI is InChI=1S/C21H17ClN2O3/c1-12-8-19-16(10-17(12)22)13(2)20(26-19)21(25)23-11-15-9-18(24-27-15)14-6-4-3-5-7-14/h3-10H,11H2,1-2H3,(H,23,25). The lowest BCUT2D eigenvalue weighted by atomic mass is 10.1. The highest BCUT2D eigenvalue weighted by molar-refractivity contribution is 6.32. The molecular weight excluding hydrogens is 364 g/mol. The first-order valence-corrected chi connectivity index (χ1v) is 8.89. The molecule has 0 saturated carbocycles. The number of benzene rings is 2. The molecule has 5 nitrogen and oxygen atoms in total. The number of nitrogens with zero attached hydrogens (tertiary/aromatic N) is 1. The Morgan fingerprint density at radius 1 is 1.15 bits per heavy atom. The van der Waals surface area contributed by atoms with Crippen LogP contribution in [-0.4, -0.2) is 11.1 Å². The molecule has 0 bridgehead atoms. The topological polar surface area (TPSA) is 68.3 Å². The number of amides is 1. The number of hydrogen-bond acceptors (Lipinski definition) is 4. The van der Waals surface area contributed by atoms with E-state index in [1.54, 1.807) is 0 Å². The minimum Gasteiger partial charge on any atom is -0.451 e. The first-order chi connectivity index (χ1) is 13.0. The largest absolute Gasteiger partial charge is 0.451 e. The van der Waals surface area contributed by atoms with Crippen LogP contribution in [0.3, 0.4) is 0 Å². The van der Waals surface area contributed by atoms with Crippen molar-refractivity contribution in [1.82, 2.24) is 10.5 Å². The molecule has 1 N–H and O–H groups in total. The number of fused-ring (bicyclic) bond motifs is 1. The zero-order valence-electron chi connectivity index (χ0n) is 14.9. The molecule has 0 unspecified atom stereocenters. The summed E-state index contributed by atoms with van der Waals surface area (Å²) in [4.78, 5) is 12.6. The van der Waals surface area contributed by atoms with E-state index >= 15 is 0 Å². The fourth-order valence-corrected chi connectivity index (χ4v) is 3.11. The summed E-state index contributed by atoms with van der Waals surface area (Å²) in [7, 11) is 0. The molecule has 0 saturated heterocycles. The maximum atomic E-state index is 12.6. The van der Waals surface area contributed by atoms with Crippen LogP contribution in [0.5, 0.6) is 0 Å². The van der Waals surface area contributed by atoms with Crippen molar-refractivity contribution in [1.29, 1.82) is 0 Å². The molecule has 1 amide bonds. The number of furan rings is 1. The lowest BCUT2D eigenvalue weighted by molar-refractivity contribution is 0.0920. The van der Waals surface area contributed by atoms with Crippen molar-refractivity contribution in [2.45, 2.75) is 20.4 Å². The van der Waals surface area contributed by atoms with E-state index in [2.05, 4.69) is 10.5 Å². The molecule has 0 aliphatic carbocycles. The van der Waals surface area contributed by atoms with E-state index in [1.807, 2.05) is 62.4 Å². The van der Waals surface area contributed by atoms with E-state index in [4.69, 9.17) is 20.5 Å². The molecule has 0 radical (unpaired) electrons. The Morgan fingerprint density at radius 3 is 2.70 bits per heavy atom. The Bertz CT molecular complexity index is 1130. The number of halogens is 1. The number of hydrogen-bond donors (Lipinski definition) is 1. The summed E-state index contributed by atoms with van der Waals surface area (Å²) in [6.45, 7) is 3.96. The van der Waals surface area contributed by atoms with Gasteiger partial charge < -0.3 is 14.3 Å². The number of nitrogens with one attached hydrogen (secondary N) is 1. The molecule has 6 heteroatoms. The highest BCUT2D eigenvalue weighted by atomic mass is 35.5. The van der Waals surface area contributed by atoms with Gasteiger partial charge in [-0.3, -0.25) is 4.79 Å². The van der Waals surface area contributed by atoms with Crippen molar-refractivity contribution >= 4 is 28.5 Å². The third kappa shape index (κ3) is 3.34. The number of aromatic nitrogens is 1. The van der Waals surface area contributed by atoms with Gasteiger partial charge in [-0.25, -0.2) is 0 Å². The Kier molecular flexibility index (Phi) is 4.46. The first kappa shape index (κ1) is 17.4. The van der Waals surface area contributed by atoms with Crippen molar-refractivity contribution in [3.8, 4) is 11.3 Å². The predicted molar refractivity (Wildman–Crippen MR) is 104 cm³/mol. The summed E-state index contributed by atoms with van der Waals surface area (Å²) >= 11 is 6.18. The zero-order valence-corrected chi connectivity index (χ0v) is 15.6. The Hall–Kier alpha value is -3.05. The van der Waals surface area contributed by atoms with Gasteiger partial charge in [-0.2, -0.15) is 0 Å². The number of aryl methyl sites for hydroxylation is 2. The molecule has 27 heavy (non-hydrogen) atoms. The Labute approximate surface area is 160 Å². The fraction of sp³-hybridized carbons (Fsp3) is 0.143. The Balaban J connectivity index is 1.51. The minimum atomic E-state index is -0.310. The molecule has 4 rings (SSSR count). The third-order valence-corrected chi connectivity index (χ3v) is 4.88. The van der Waals surface area contributed by atoms with Crippen LogP contribution in [0.1, 0.15) is 27.4 Å². The van der Waals surface area contributed by atoms with Crippen molar-refractivity contribution < 1.29 is 13.7 Å². The van der Waals surface area contributed by atoms with E-state index in [9.17, 15) is 4.79 Å². The molecular formula is C21H17ClN2O3. The molecule has 0 aliphatic heterocycles. The highest BCUT2D eigenvalue weighted by Crippen LogP contribution is 2.30. The quantitative estimate of drug-likeness (QED) is 0.522. The summed E-state index contributed by atoms with van der Waals surface area (Å²) in [6, 6.07) is 15.2. The van der Waals surface area contributed by atoms with Gasteiger partial charge in [-0.1, -0.05) is 47.1 Å². The maximum Gasteiger partial charge on any atom is 0.287 e. The van der Waals surface area contributed by atoms with E-state index in [1.165, 1.54) is 0 Å². The molecule has 0 aliphatic rings. The smallest absolute Gasteiger partial charge is 0.287 e. The highest BCUT2D eigenvalue weighted by Gasteiger charge is 2.19. The fourth-order valence-electron chi connectivity index (χ4n) is 2.95. The van der Waals surface area contributed by atoms with Gasteiger partial charge in [0, 0.05) is 27.6 Å². The Morgan fingerprint density at radius 2 is 1.93 bits per heavy atom. The third-order valence-electron chi connectivity index (χ3n) is 4.48. The van der Waals surface area contributed by atoms with Gasteiger partial charge in [0.2, 0.25) is 0 Å². The zero-order chi connectivity index (χ0) is 19.0. The second kappa shape index (κ2) is 6.93. The van der Waals surface area contributed by atoms with E-state index in [0.717, 1.165) is 27.8 Å². The molecule has 0 spiro atoms. The van der Waals surface area contributed by atoms with Crippen molar-refractivity contribution in [2.24, 2.45) is 0 Å². The van der Waals surface area contributed by atoms with Crippen LogP contribution in [0.2, 0.25) is 5.02 Å². The van der Waals surface area contributed by atoms with Crippen LogP contribution >= 0.6 is 11.6 Å². The van der Waals surface area contributed by atoms with Gasteiger partial charge in [0.1, 0.15) is 11.3 Å². The van der Waals surface area contributed by atoms with Crippen molar-refractivity contribution in [2.75, 3.05) is 0 Å². The second-order valence-corrected chi connectivity index (χ2v) is 6.79. The van der Waals surface area contributed by atoms with Gasteiger partial charge >= 0.3 is 0 Å². The van der Waals surface area contributed by atoms with Crippen molar-refractivity contribution in [3.05, 3.63) is 76.2 Å². The maximum absolute atomic E-state index is 12.6. The van der Waals surface area contributed by atoms with Crippen LogP contribution in [-0.2, 0) is 6.54 Å². The lowest BCUT2D eigenvalue weighted by Crippen LogP contribution is -2.22. The molecule has 136 valence electrons. The number of carbonyl (C=O) groups excluding carboxylic acids is 1. The molecule has 0 fully saturated rings. The SMILES string of the molecule is Cc1cc2oc(C(=O)NCc3cc(-c4ccccc4)no3)c(C)c2cc1Cl. The van der Waals surface area contributed by atoms with Gasteiger partial charge in [-0.15, -0.1) is 0 Å². The summed E-state index contributed by atoms with van der Waals surface area (Å²) in [5, 5.41) is 8.34. The first-order valence-electron chi connectivity index (χ1n) is 8.51. The molecule has 0 atom stereocenters. The van der Waals surface area contributed by atoms with Crippen LogP contribution in [0, 0.1) is 13.8 Å². The molecule has 4 aromatic rings. The van der Waals surface area contributed by atoms with Gasteiger partial charge in [0.05, 0.1) is 6.54 Å². The van der Waals surface area contributed by atoms with Crippen LogP contribution in [0.25, 0.3) is 22.2 Å². The lowest BCUT2D eigenvalue weighted by Gasteiger charge is -2.00.